The number of nitrogens with zero attached hydrogens (tertiary/aromatic N) is 1. The smallest absolute Gasteiger partial charge is 0.229 e. The molecule has 2 amide bonds. The summed E-state index contributed by atoms with van der Waals surface area (Å²) < 4.78 is 0. The molecule has 0 aliphatic carbocycles. The molecule has 24 heavy (non-hydrogen) atoms. The van der Waals surface area contributed by atoms with Gasteiger partial charge in [-0.3, -0.25) is 9.59 Å². The second kappa shape index (κ2) is 7.49. The van der Waals surface area contributed by atoms with Gasteiger partial charge in [0.2, 0.25) is 11.8 Å². The Kier molecular flexibility index (Phi) is 5.16. The van der Waals surface area contributed by atoms with Gasteiger partial charge in [0.05, 0.1) is 5.92 Å². The molecular formula is C19H19ClN2O2. The van der Waals surface area contributed by atoms with E-state index < -0.39 is 0 Å². The number of nitrogens with one attached hydrogen (secondary N) is 1. The second-order valence-corrected chi connectivity index (χ2v) is 6.41. The number of halogens is 1. The number of amides is 2. The van der Waals surface area contributed by atoms with E-state index in [9.17, 15) is 9.59 Å². The zero-order valence-electron chi connectivity index (χ0n) is 13.2. The first-order valence-electron chi connectivity index (χ1n) is 8.00. The Morgan fingerprint density at radius 3 is 2.54 bits per heavy atom. The van der Waals surface area contributed by atoms with Crippen molar-refractivity contribution in [1.82, 2.24) is 4.90 Å². The highest BCUT2D eigenvalue weighted by Crippen LogP contribution is 2.21. The van der Waals surface area contributed by atoms with E-state index in [4.69, 9.17) is 11.6 Å². The van der Waals surface area contributed by atoms with Gasteiger partial charge in [-0.25, -0.2) is 0 Å². The standard InChI is InChI=1S/C19H19ClN2O2/c20-16-6-8-17(9-7-16)21-19(24)15-12-18(23)22(13-15)11-10-14-4-2-1-3-5-14/h1-9,15H,10-13H2,(H,21,24). The maximum absolute atomic E-state index is 12.3. The molecule has 1 atom stereocenters. The molecule has 124 valence electrons. The molecule has 1 heterocycles. The van der Waals surface area contributed by atoms with Crippen LogP contribution in [0.4, 0.5) is 5.69 Å². The minimum atomic E-state index is -0.302. The lowest BCUT2D eigenvalue weighted by atomic mass is 10.1. The fourth-order valence-corrected chi connectivity index (χ4v) is 2.98. The Morgan fingerprint density at radius 1 is 1.12 bits per heavy atom. The molecular weight excluding hydrogens is 324 g/mol. The summed E-state index contributed by atoms with van der Waals surface area (Å²) in [6.45, 7) is 1.12. The third-order valence-corrected chi connectivity index (χ3v) is 4.46. The van der Waals surface area contributed by atoms with Crippen molar-refractivity contribution in [3.8, 4) is 0 Å². The van der Waals surface area contributed by atoms with E-state index >= 15 is 0 Å². The lowest BCUT2D eigenvalue weighted by Gasteiger charge is -2.16. The summed E-state index contributed by atoms with van der Waals surface area (Å²) in [7, 11) is 0. The van der Waals surface area contributed by atoms with E-state index in [0.717, 1.165) is 6.42 Å². The molecule has 3 rings (SSSR count). The number of rotatable bonds is 5. The Balaban J connectivity index is 1.53. The van der Waals surface area contributed by atoms with Crippen molar-refractivity contribution in [2.24, 2.45) is 5.92 Å². The Hall–Kier alpha value is -2.33. The fourth-order valence-electron chi connectivity index (χ4n) is 2.85. The molecule has 0 spiro atoms. The van der Waals surface area contributed by atoms with E-state index in [1.807, 2.05) is 30.3 Å². The van der Waals surface area contributed by atoms with Crippen LogP contribution in [-0.2, 0) is 16.0 Å². The van der Waals surface area contributed by atoms with E-state index in [1.54, 1.807) is 29.2 Å². The summed E-state index contributed by atoms with van der Waals surface area (Å²) in [5.41, 5.74) is 1.89. The second-order valence-electron chi connectivity index (χ2n) is 5.97. The molecule has 1 aliphatic rings. The Morgan fingerprint density at radius 2 is 1.83 bits per heavy atom. The number of hydrogen-bond acceptors (Lipinski definition) is 2. The summed E-state index contributed by atoms with van der Waals surface area (Å²) in [6, 6.07) is 17.0. The maximum Gasteiger partial charge on any atom is 0.229 e. The maximum atomic E-state index is 12.3. The Labute approximate surface area is 146 Å². The van der Waals surface area contributed by atoms with E-state index in [-0.39, 0.29) is 24.2 Å². The summed E-state index contributed by atoms with van der Waals surface area (Å²) in [5, 5.41) is 3.47. The van der Waals surface area contributed by atoms with Gasteiger partial charge in [-0.2, -0.15) is 0 Å². The highest BCUT2D eigenvalue weighted by molar-refractivity contribution is 6.30. The minimum absolute atomic E-state index is 0.0437. The third kappa shape index (κ3) is 4.15. The van der Waals surface area contributed by atoms with Crippen LogP contribution in [0.25, 0.3) is 0 Å². The first-order valence-corrected chi connectivity index (χ1v) is 8.38. The molecule has 1 N–H and O–H groups in total. The van der Waals surface area contributed by atoms with Gasteiger partial charge in [0.25, 0.3) is 0 Å². The van der Waals surface area contributed by atoms with Crippen LogP contribution in [0, 0.1) is 5.92 Å². The van der Waals surface area contributed by atoms with Gasteiger partial charge in [-0.05, 0) is 36.2 Å². The fraction of sp³-hybridized carbons (Fsp3) is 0.263. The van der Waals surface area contributed by atoms with Crippen LogP contribution in [0.15, 0.2) is 54.6 Å². The van der Waals surface area contributed by atoms with Crippen molar-refractivity contribution >= 4 is 29.1 Å². The van der Waals surface area contributed by atoms with Crippen LogP contribution in [0.3, 0.4) is 0 Å². The predicted octanol–water partition coefficient (Wildman–Crippen LogP) is 3.37. The quantitative estimate of drug-likeness (QED) is 0.905. The van der Waals surface area contributed by atoms with Crippen LogP contribution in [0.5, 0.6) is 0 Å². The third-order valence-electron chi connectivity index (χ3n) is 4.21. The summed E-state index contributed by atoms with van der Waals surface area (Å²) in [4.78, 5) is 26.3. The number of benzene rings is 2. The first-order chi connectivity index (χ1) is 11.6. The van der Waals surface area contributed by atoms with Gasteiger partial charge in [0.15, 0.2) is 0 Å². The van der Waals surface area contributed by atoms with Crippen molar-refractivity contribution in [2.45, 2.75) is 12.8 Å². The highest BCUT2D eigenvalue weighted by atomic mass is 35.5. The monoisotopic (exact) mass is 342 g/mol. The van der Waals surface area contributed by atoms with Gasteiger partial charge >= 0.3 is 0 Å². The van der Waals surface area contributed by atoms with Gasteiger partial charge in [-0.15, -0.1) is 0 Å². The zero-order chi connectivity index (χ0) is 16.9. The topological polar surface area (TPSA) is 49.4 Å². The molecule has 0 radical (unpaired) electrons. The molecule has 0 saturated carbocycles. The number of carbonyl (C=O) groups is 2. The largest absolute Gasteiger partial charge is 0.342 e. The predicted molar refractivity (Wildman–Crippen MR) is 94.9 cm³/mol. The van der Waals surface area contributed by atoms with Crippen molar-refractivity contribution in [1.29, 1.82) is 0 Å². The van der Waals surface area contributed by atoms with Crippen LogP contribution < -0.4 is 5.32 Å². The number of hydrogen-bond donors (Lipinski definition) is 1. The molecule has 4 nitrogen and oxygen atoms in total. The van der Waals surface area contributed by atoms with Gasteiger partial charge in [0.1, 0.15) is 0 Å². The van der Waals surface area contributed by atoms with Gasteiger partial charge < -0.3 is 10.2 Å². The lowest BCUT2D eigenvalue weighted by molar-refractivity contribution is -0.128. The van der Waals surface area contributed by atoms with Crippen molar-refractivity contribution in [3.05, 3.63) is 65.2 Å². The normalized spacial score (nSPS) is 17.1. The van der Waals surface area contributed by atoms with Crippen LogP contribution in [-0.4, -0.2) is 29.8 Å². The van der Waals surface area contributed by atoms with Crippen LogP contribution in [0.2, 0.25) is 5.02 Å². The summed E-state index contributed by atoms with van der Waals surface area (Å²) in [6.07, 6.45) is 1.08. The van der Waals surface area contributed by atoms with Crippen molar-refractivity contribution in [3.63, 3.8) is 0 Å². The van der Waals surface area contributed by atoms with E-state index in [1.165, 1.54) is 5.56 Å². The van der Waals surface area contributed by atoms with E-state index in [2.05, 4.69) is 5.32 Å². The first kappa shape index (κ1) is 16.5. The van der Waals surface area contributed by atoms with Gasteiger partial charge in [0, 0.05) is 30.2 Å². The number of anilines is 1. The van der Waals surface area contributed by atoms with Crippen molar-refractivity contribution in [2.75, 3.05) is 18.4 Å². The zero-order valence-corrected chi connectivity index (χ0v) is 14.0. The summed E-state index contributed by atoms with van der Waals surface area (Å²) in [5.74, 6) is -0.376. The molecule has 1 aliphatic heterocycles. The lowest BCUT2D eigenvalue weighted by Crippen LogP contribution is -2.30. The Bertz CT molecular complexity index is 716. The highest BCUT2D eigenvalue weighted by Gasteiger charge is 2.33. The number of likely N-dealkylation sites (tertiary alicyclic amines) is 1. The minimum Gasteiger partial charge on any atom is -0.342 e. The SMILES string of the molecule is O=C(Nc1ccc(Cl)cc1)C1CC(=O)N(CCc2ccccc2)C1. The van der Waals surface area contributed by atoms with E-state index in [0.29, 0.717) is 23.8 Å². The van der Waals surface area contributed by atoms with Crippen molar-refractivity contribution < 1.29 is 9.59 Å². The molecule has 2 aromatic rings. The molecule has 5 heteroatoms. The number of carbonyl (C=O) groups excluding carboxylic acids is 2. The average molecular weight is 343 g/mol. The average Bonchev–Trinajstić information content (AvgIpc) is 2.97. The molecule has 1 fully saturated rings. The van der Waals surface area contributed by atoms with Gasteiger partial charge in [-0.1, -0.05) is 41.9 Å². The molecule has 0 aromatic heterocycles. The molecule has 1 saturated heterocycles. The van der Waals surface area contributed by atoms with Crippen LogP contribution in [0.1, 0.15) is 12.0 Å². The molecule has 1 unspecified atom stereocenters. The molecule has 2 aromatic carbocycles. The summed E-state index contributed by atoms with van der Waals surface area (Å²) >= 11 is 5.83. The van der Waals surface area contributed by atoms with Crippen LogP contribution >= 0.6 is 11.6 Å². The molecule has 0 bridgehead atoms.